The van der Waals surface area contributed by atoms with Crippen molar-refractivity contribution in [2.45, 2.75) is 30.3 Å². The number of ether oxygens (including phenoxy) is 1. The molecule has 4 N–H and O–H groups in total. The van der Waals surface area contributed by atoms with Gasteiger partial charge >= 0.3 is 0 Å². The molecule has 2 heterocycles. The SMILES string of the molecule is NS(=O)(=O)c1ccc(NCCCOC2CCNCC2)nc1. The maximum absolute atomic E-state index is 11.1. The van der Waals surface area contributed by atoms with Gasteiger partial charge in [-0.1, -0.05) is 0 Å². The van der Waals surface area contributed by atoms with Gasteiger partial charge in [-0.25, -0.2) is 18.5 Å². The van der Waals surface area contributed by atoms with Gasteiger partial charge in [-0.2, -0.15) is 0 Å². The average Bonchev–Trinajstić information content (AvgIpc) is 2.47. The number of rotatable bonds is 7. The first kappa shape index (κ1) is 16.2. The number of pyridine rings is 1. The molecule has 2 rings (SSSR count). The summed E-state index contributed by atoms with van der Waals surface area (Å²) in [6, 6.07) is 3.05. The van der Waals surface area contributed by atoms with E-state index in [1.165, 1.54) is 12.3 Å². The number of nitrogens with zero attached hydrogens (tertiary/aromatic N) is 1. The predicted octanol–water partition coefficient (Wildman–Crippen LogP) is 0.300. The molecule has 1 aliphatic heterocycles. The Kier molecular flexibility index (Phi) is 5.92. The second-order valence-electron chi connectivity index (χ2n) is 5.02. The van der Waals surface area contributed by atoms with Crippen molar-refractivity contribution in [1.29, 1.82) is 0 Å². The first-order valence-corrected chi connectivity index (χ1v) is 8.65. The first-order valence-electron chi connectivity index (χ1n) is 7.11. The van der Waals surface area contributed by atoms with Crippen molar-refractivity contribution in [2.24, 2.45) is 5.14 Å². The normalized spacial score (nSPS) is 16.8. The van der Waals surface area contributed by atoms with E-state index in [1.54, 1.807) is 6.07 Å². The van der Waals surface area contributed by atoms with Crippen LogP contribution >= 0.6 is 0 Å². The highest BCUT2D eigenvalue weighted by molar-refractivity contribution is 7.89. The monoisotopic (exact) mass is 314 g/mol. The van der Waals surface area contributed by atoms with Gasteiger partial charge in [0.15, 0.2) is 0 Å². The summed E-state index contributed by atoms with van der Waals surface area (Å²) in [5.41, 5.74) is 0. The lowest BCUT2D eigenvalue weighted by Crippen LogP contribution is -2.32. The van der Waals surface area contributed by atoms with Crippen molar-refractivity contribution in [3.8, 4) is 0 Å². The van der Waals surface area contributed by atoms with Crippen LogP contribution in [0.4, 0.5) is 5.82 Å². The molecule has 0 radical (unpaired) electrons. The molecule has 1 aliphatic rings. The van der Waals surface area contributed by atoms with Gasteiger partial charge in [0, 0.05) is 19.3 Å². The van der Waals surface area contributed by atoms with Crippen LogP contribution in [0.2, 0.25) is 0 Å². The van der Waals surface area contributed by atoms with Crippen molar-refractivity contribution in [2.75, 3.05) is 31.6 Å². The third kappa shape index (κ3) is 5.58. The lowest BCUT2D eigenvalue weighted by atomic mass is 10.1. The van der Waals surface area contributed by atoms with Gasteiger partial charge in [-0.05, 0) is 44.5 Å². The largest absolute Gasteiger partial charge is 0.378 e. The van der Waals surface area contributed by atoms with Crippen LogP contribution in [0.3, 0.4) is 0 Å². The van der Waals surface area contributed by atoms with Crippen molar-refractivity contribution < 1.29 is 13.2 Å². The molecule has 0 saturated carbocycles. The van der Waals surface area contributed by atoms with Gasteiger partial charge in [-0.3, -0.25) is 0 Å². The summed E-state index contributed by atoms with van der Waals surface area (Å²) in [6.07, 6.45) is 4.65. The van der Waals surface area contributed by atoms with Crippen LogP contribution in [-0.2, 0) is 14.8 Å². The summed E-state index contributed by atoms with van der Waals surface area (Å²) < 4.78 is 28.0. The van der Waals surface area contributed by atoms with Crippen LogP contribution in [0.1, 0.15) is 19.3 Å². The number of nitrogens with one attached hydrogen (secondary N) is 2. The van der Waals surface area contributed by atoms with Gasteiger partial charge in [0.2, 0.25) is 10.0 Å². The zero-order valence-corrected chi connectivity index (χ0v) is 12.7. The van der Waals surface area contributed by atoms with E-state index in [1.807, 2.05) is 0 Å². The zero-order chi connectivity index (χ0) is 15.1. The third-order valence-corrected chi connectivity index (χ3v) is 4.23. The highest BCUT2D eigenvalue weighted by atomic mass is 32.2. The Balaban J connectivity index is 1.64. The fourth-order valence-corrected chi connectivity index (χ4v) is 2.61. The van der Waals surface area contributed by atoms with Crippen LogP contribution < -0.4 is 15.8 Å². The molecule has 8 heteroatoms. The van der Waals surface area contributed by atoms with E-state index >= 15 is 0 Å². The number of aromatic nitrogens is 1. The third-order valence-electron chi connectivity index (χ3n) is 3.33. The molecule has 0 unspecified atom stereocenters. The lowest BCUT2D eigenvalue weighted by Gasteiger charge is -2.22. The molecule has 0 atom stereocenters. The highest BCUT2D eigenvalue weighted by Crippen LogP contribution is 2.09. The van der Waals surface area contributed by atoms with Crippen molar-refractivity contribution >= 4 is 15.8 Å². The Bertz CT molecular complexity index is 527. The van der Waals surface area contributed by atoms with Crippen molar-refractivity contribution in [1.82, 2.24) is 10.3 Å². The Morgan fingerprint density at radius 3 is 2.76 bits per heavy atom. The van der Waals surface area contributed by atoms with E-state index in [0.29, 0.717) is 18.5 Å². The zero-order valence-electron chi connectivity index (χ0n) is 11.9. The number of piperidine rings is 1. The molecule has 0 spiro atoms. The maximum atomic E-state index is 11.1. The Hall–Kier alpha value is -1.22. The number of hydrogen-bond donors (Lipinski definition) is 3. The molecule has 0 aliphatic carbocycles. The second-order valence-corrected chi connectivity index (χ2v) is 6.59. The summed E-state index contributed by atoms with van der Waals surface area (Å²) in [5, 5.41) is 11.4. The molecule has 1 fully saturated rings. The fraction of sp³-hybridized carbons (Fsp3) is 0.615. The van der Waals surface area contributed by atoms with Gasteiger partial charge < -0.3 is 15.4 Å². The topological polar surface area (TPSA) is 106 Å². The number of nitrogens with two attached hydrogens (primary N) is 1. The van der Waals surface area contributed by atoms with E-state index in [0.717, 1.165) is 38.9 Å². The summed E-state index contributed by atoms with van der Waals surface area (Å²) in [7, 11) is -3.68. The minimum absolute atomic E-state index is 0.0160. The summed E-state index contributed by atoms with van der Waals surface area (Å²) in [6.45, 7) is 3.51. The fourth-order valence-electron chi connectivity index (χ4n) is 2.15. The summed E-state index contributed by atoms with van der Waals surface area (Å²) >= 11 is 0. The Labute approximate surface area is 125 Å². The number of anilines is 1. The molecular formula is C13H22N4O3S. The van der Waals surface area contributed by atoms with E-state index in [4.69, 9.17) is 9.88 Å². The molecule has 0 aromatic carbocycles. The van der Waals surface area contributed by atoms with Crippen LogP contribution in [0, 0.1) is 0 Å². The van der Waals surface area contributed by atoms with Crippen LogP contribution in [0.5, 0.6) is 0 Å². The van der Waals surface area contributed by atoms with Crippen molar-refractivity contribution in [3.05, 3.63) is 18.3 Å². The van der Waals surface area contributed by atoms with E-state index < -0.39 is 10.0 Å². The molecule has 0 bridgehead atoms. The molecule has 1 aromatic rings. The lowest BCUT2D eigenvalue weighted by molar-refractivity contribution is 0.0329. The maximum Gasteiger partial charge on any atom is 0.239 e. The van der Waals surface area contributed by atoms with Crippen molar-refractivity contribution in [3.63, 3.8) is 0 Å². The van der Waals surface area contributed by atoms with Gasteiger partial charge in [0.25, 0.3) is 0 Å². The summed E-state index contributed by atoms with van der Waals surface area (Å²) in [4.78, 5) is 4.03. The van der Waals surface area contributed by atoms with Gasteiger partial charge in [-0.15, -0.1) is 0 Å². The van der Waals surface area contributed by atoms with E-state index in [9.17, 15) is 8.42 Å². The minimum atomic E-state index is -3.68. The molecule has 21 heavy (non-hydrogen) atoms. The molecule has 1 saturated heterocycles. The van der Waals surface area contributed by atoms with E-state index in [2.05, 4.69) is 15.6 Å². The molecule has 0 amide bonds. The molecule has 7 nitrogen and oxygen atoms in total. The first-order chi connectivity index (χ1) is 10.1. The number of primary sulfonamides is 1. The van der Waals surface area contributed by atoms with Crippen LogP contribution in [0.15, 0.2) is 23.2 Å². The van der Waals surface area contributed by atoms with Crippen LogP contribution in [0.25, 0.3) is 0 Å². The Morgan fingerprint density at radius 2 is 2.14 bits per heavy atom. The standard InChI is InChI=1S/C13H22N4O3S/c14-21(18,19)12-2-3-13(17-10-12)16-6-1-9-20-11-4-7-15-8-5-11/h2-3,10-11,15H,1,4-9H2,(H,16,17)(H2,14,18,19). The molecule has 1 aromatic heterocycles. The smallest absolute Gasteiger partial charge is 0.239 e. The molecular weight excluding hydrogens is 292 g/mol. The number of hydrogen-bond acceptors (Lipinski definition) is 6. The van der Waals surface area contributed by atoms with Gasteiger partial charge in [0.05, 0.1) is 6.10 Å². The second kappa shape index (κ2) is 7.69. The Morgan fingerprint density at radius 1 is 1.38 bits per heavy atom. The predicted molar refractivity (Wildman–Crippen MR) is 80.6 cm³/mol. The van der Waals surface area contributed by atoms with E-state index in [-0.39, 0.29) is 4.90 Å². The number of sulfonamides is 1. The minimum Gasteiger partial charge on any atom is -0.378 e. The average molecular weight is 314 g/mol. The van der Waals surface area contributed by atoms with Gasteiger partial charge in [0.1, 0.15) is 10.7 Å². The summed E-state index contributed by atoms with van der Waals surface area (Å²) in [5.74, 6) is 0.629. The molecule has 118 valence electrons. The van der Waals surface area contributed by atoms with Crippen LogP contribution in [-0.4, -0.2) is 45.7 Å². The highest BCUT2D eigenvalue weighted by Gasteiger charge is 2.12. The quantitative estimate of drug-likeness (QED) is 0.625.